The van der Waals surface area contributed by atoms with Crippen LogP contribution in [0, 0.1) is 5.92 Å². The Labute approximate surface area is 120 Å². The van der Waals surface area contributed by atoms with E-state index in [1.54, 1.807) is 12.1 Å². The summed E-state index contributed by atoms with van der Waals surface area (Å²) in [5.74, 6) is -0.966. The first kappa shape index (κ1) is 16.5. The number of ether oxygens (including phenoxy) is 1. The number of benzene rings is 1. The quantitative estimate of drug-likeness (QED) is 0.741. The van der Waals surface area contributed by atoms with Crippen LogP contribution >= 0.6 is 0 Å². The van der Waals surface area contributed by atoms with E-state index in [2.05, 4.69) is 6.92 Å². The summed E-state index contributed by atoms with van der Waals surface area (Å²) in [6.07, 6.45) is 1.99. The molecule has 1 unspecified atom stereocenters. The topological polar surface area (TPSA) is 86.5 Å². The zero-order valence-corrected chi connectivity index (χ0v) is 12.7. The highest BCUT2D eigenvalue weighted by Gasteiger charge is 2.21. The lowest BCUT2D eigenvalue weighted by Crippen LogP contribution is -2.27. The minimum atomic E-state index is -3.50. The van der Waals surface area contributed by atoms with Crippen molar-refractivity contribution in [1.29, 1.82) is 0 Å². The third-order valence-corrected chi connectivity index (χ3v) is 4.83. The number of nitrogens with two attached hydrogens (primary N) is 1. The van der Waals surface area contributed by atoms with Crippen molar-refractivity contribution in [1.82, 2.24) is 0 Å². The molecular weight excluding hydrogens is 278 g/mol. The van der Waals surface area contributed by atoms with Crippen molar-refractivity contribution in [2.24, 2.45) is 11.7 Å². The lowest BCUT2D eigenvalue weighted by molar-refractivity contribution is -0.120. The van der Waals surface area contributed by atoms with Gasteiger partial charge in [-0.2, -0.15) is 0 Å². The van der Waals surface area contributed by atoms with E-state index in [1.165, 1.54) is 19.1 Å². The van der Waals surface area contributed by atoms with Gasteiger partial charge in [0.25, 0.3) is 0 Å². The smallest absolute Gasteiger partial charge is 0.221 e. The first-order valence-electron chi connectivity index (χ1n) is 6.61. The minimum Gasteiger partial charge on any atom is -0.494 e. The van der Waals surface area contributed by atoms with Crippen LogP contribution in [0.1, 0.15) is 26.7 Å². The highest BCUT2D eigenvalue weighted by molar-refractivity contribution is 7.91. The number of unbranched alkanes of at least 4 members (excludes halogenated alkanes) is 1. The van der Waals surface area contributed by atoms with E-state index in [0.29, 0.717) is 12.4 Å². The standard InChI is InChI=1S/C14H21NO4S/c1-3-4-9-19-12-5-7-13(8-6-12)20(17,18)10-11(2)14(15)16/h5-8,11H,3-4,9-10H2,1-2H3,(H2,15,16). The number of primary amides is 1. The number of rotatable bonds is 8. The van der Waals surface area contributed by atoms with Crippen LogP contribution < -0.4 is 10.5 Å². The maximum atomic E-state index is 12.1. The van der Waals surface area contributed by atoms with Gasteiger partial charge in [0, 0.05) is 5.92 Å². The second-order valence-corrected chi connectivity index (χ2v) is 6.79. The van der Waals surface area contributed by atoms with Gasteiger partial charge in [-0.25, -0.2) is 8.42 Å². The van der Waals surface area contributed by atoms with Crippen molar-refractivity contribution >= 4 is 15.7 Å². The van der Waals surface area contributed by atoms with Gasteiger partial charge in [-0.1, -0.05) is 20.3 Å². The molecule has 6 heteroatoms. The highest BCUT2D eigenvalue weighted by Crippen LogP contribution is 2.19. The predicted octanol–water partition coefficient (Wildman–Crippen LogP) is 1.76. The summed E-state index contributed by atoms with van der Waals surface area (Å²) in [6.45, 7) is 4.18. The molecule has 2 N–H and O–H groups in total. The molecule has 1 amide bonds. The summed E-state index contributed by atoms with van der Waals surface area (Å²) in [6, 6.07) is 6.23. The predicted molar refractivity (Wildman–Crippen MR) is 77.3 cm³/mol. The van der Waals surface area contributed by atoms with Crippen molar-refractivity contribution in [3.63, 3.8) is 0 Å². The maximum Gasteiger partial charge on any atom is 0.221 e. The largest absolute Gasteiger partial charge is 0.494 e. The van der Waals surface area contributed by atoms with Crippen LogP contribution in [-0.4, -0.2) is 26.7 Å². The molecule has 0 aliphatic heterocycles. The third kappa shape index (κ3) is 4.85. The molecule has 0 radical (unpaired) electrons. The molecule has 112 valence electrons. The normalized spacial score (nSPS) is 12.9. The van der Waals surface area contributed by atoms with Gasteiger partial charge in [-0.05, 0) is 30.7 Å². The van der Waals surface area contributed by atoms with E-state index >= 15 is 0 Å². The van der Waals surface area contributed by atoms with Crippen LogP contribution in [0.5, 0.6) is 5.75 Å². The Bertz CT molecular complexity index is 537. The van der Waals surface area contributed by atoms with Gasteiger partial charge < -0.3 is 10.5 Å². The Morgan fingerprint density at radius 1 is 1.30 bits per heavy atom. The van der Waals surface area contributed by atoms with Gasteiger partial charge in [-0.15, -0.1) is 0 Å². The molecule has 0 saturated heterocycles. The van der Waals surface area contributed by atoms with Gasteiger partial charge in [0.15, 0.2) is 9.84 Å². The average Bonchev–Trinajstić information content (AvgIpc) is 2.39. The van der Waals surface area contributed by atoms with Gasteiger partial charge in [0.05, 0.1) is 17.3 Å². The third-order valence-electron chi connectivity index (χ3n) is 2.90. The molecule has 0 fully saturated rings. The van der Waals surface area contributed by atoms with E-state index in [9.17, 15) is 13.2 Å². The fourth-order valence-electron chi connectivity index (χ4n) is 1.59. The molecule has 1 rings (SSSR count). The number of hydrogen-bond acceptors (Lipinski definition) is 4. The Hall–Kier alpha value is -1.56. The molecule has 1 aromatic rings. The molecule has 0 saturated carbocycles. The number of sulfone groups is 1. The van der Waals surface area contributed by atoms with Crippen molar-refractivity contribution < 1.29 is 17.9 Å². The van der Waals surface area contributed by atoms with E-state index in [0.717, 1.165) is 12.8 Å². The molecule has 20 heavy (non-hydrogen) atoms. The Kier molecular flexibility index (Phi) is 6.01. The minimum absolute atomic E-state index is 0.174. The number of hydrogen-bond donors (Lipinski definition) is 1. The first-order chi connectivity index (χ1) is 9.36. The Morgan fingerprint density at radius 2 is 1.90 bits per heavy atom. The zero-order chi connectivity index (χ0) is 15.2. The van der Waals surface area contributed by atoms with Crippen molar-refractivity contribution in [2.75, 3.05) is 12.4 Å². The van der Waals surface area contributed by atoms with Crippen LogP contribution in [-0.2, 0) is 14.6 Å². The Morgan fingerprint density at radius 3 is 2.40 bits per heavy atom. The highest BCUT2D eigenvalue weighted by atomic mass is 32.2. The molecule has 0 aromatic heterocycles. The summed E-state index contributed by atoms with van der Waals surface area (Å²) in [5, 5.41) is 0. The summed E-state index contributed by atoms with van der Waals surface area (Å²) in [5.41, 5.74) is 5.09. The van der Waals surface area contributed by atoms with E-state index < -0.39 is 21.7 Å². The number of carbonyl (C=O) groups excluding carboxylic acids is 1. The van der Waals surface area contributed by atoms with Gasteiger partial charge in [-0.3, -0.25) is 4.79 Å². The molecule has 0 aliphatic carbocycles. The maximum absolute atomic E-state index is 12.1. The second-order valence-electron chi connectivity index (χ2n) is 4.76. The van der Waals surface area contributed by atoms with E-state index in [-0.39, 0.29) is 10.6 Å². The molecule has 0 bridgehead atoms. The summed E-state index contributed by atoms with van der Waals surface area (Å²) in [7, 11) is -3.50. The summed E-state index contributed by atoms with van der Waals surface area (Å²) in [4.78, 5) is 11.1. The van der Waals surface area contributed by atoms with Crippen molar-refractivity contribution in [3.8, 4) is 5.75 Å². The number of carbonyl (C=O) groups is 1. The van der Waals surface area contributed by atoms with Gasteiger partial charge in [0.2, 0.25) is 5.91 Å². The van der Waals surface area contributed by atoms with Crippen LogP contribution in [0.15, 0.2) is 29.2 Å². The molecular formula is C14H21NO4S. The molecule has 0 aliphatic rings. The fourth-order valence-corrected chi connectivity index (χ4v) is 3.15. The van der Waals surface area contributed by atoms with Crippen LogP contribution in [0.2, 0.25) is 0 Å². The van der Waals surface area contributed by atoms with Crippen molar-refractivity contribution in [3.05, 3.63) is 24.3 Å². The molecule has 1 atom stereocenters. The molecule has 1 aromatic carbocycles. The Balaban J connectivity index is 2.74. The first-order valence-corrected chi connectivity index (χ1v) is 8.27. The van der Waals surface area contributed by atoms with E-state index in [1.807, 2.05) is 0 Å². The van der Waals surface area contributed by atoms with Crippen LogP contribution in [0.4, 0.5) is 0 Å². The second kappa shape index (κ2) is 7.28. The molecule has 5 nitrogen and oxygen atoms in total. The number of amides is 1. The lowest BCUT2D eigenvalue weighted by atomic mass is 10.2. The fraction of sp³-hybridized carbons (Fsp3) is 0.500. The summed E-state index contributed by atoms with van der Waals surface area (Å²) >= 11 is 0. The zero-order valence-electron chi connectivity index (χ0n) is 11.8. The summed E-state index contributed by atoms with van der Waals surface area (Å²) < 4.78 is 29.6. The molecule has 0 heterocycles. The lowest BCUT2D eigenvalue weighted by Gasteiger charge is -2.10. The van der Waals surface area contributed by atoms with E-state index in [4.69, 9.17) is 10.5 Å². The monoisotopic (exact) mass is 299 g/mol. The van der Waals surface area contributed by atoms with Gasteiger partial charge >= 0.3 is 0 Å². The van der Waals surface area contributed by atoms with Crippen molar-refractivity contribution in [2.45, 2.75) is 31.6 Å². The average molecular weight is 299 g/mol. The van der Waals surface area contributed by atoms with Gasteiger partial charge in [0.1, 0.15) is 5.75 Å². The molecule has 0 spiro atoms. The SMILES string of the molecule is CCCCOc1ccc(S(=O)(=O)CC(C)C(N)=O)cc1. The van der Waals surface area contributed by atoms with Crippen LogP contribution in [0.25, 0.3) is 0 Å². The van der Waals surface area contributed by atoms with Crippen LogP contribution in [0.3, 0.4) is 0 Å².